The molecule has 0 aliphatic carbocycles. The summed E-state index contributed by atoms with van der Waals surface area (Å²) in [5.41, 5.74) is 0.727. The van der Waals surface area contributed by atoms with Gasteiger partial charge in [0.1, 0.15) is 0 Å². The number of carboxylic acids is 1. The van der Waals surface area contributed by atoms with Gasteiger partial charge >= 0.3 is 5.97 Å². The Morgan fingerprint density at radius 2 is 2.31 bits per heavy atom. The first-order chi connectivity index (χ1) is 6.16. The van der Waals surface area contributed by atoms with E-state index in [9.17, 15) is 4.79 Å². The van der Waals surface area contributed by atoms with E-state index in [0.717, 1.165) is 14.7 Å². The molecule has 2 rings (SSSR count). The topological polar surface area (TPSA) is 50.2 Å². The fourth-order valence-corrected chi connectivity index (χ4v) is 2.35. The van der Waals surface area contributed by atoms with Crippen LogP contribution >= 0.6 is 27.3 Å². The molecule has 0 bridgehead atoms. The maximum absolute atomic E-state index is 10.6. The molecule has 0 aliphatic rings. The van der Waals surface area contributed by atoms with Crippen LogP contribution in [0.4, 0.5) is 0 Å². The number of thiazole rings is 1. The SMILES string of the molecule is O=C(O)c1nc2ccc(Br)cc2s1. The highest BCUT2D eigenvalue weighted by Gasteiger charge is 2.09. The highest BCUT2D eigenvalue weighted by molar-refractivity contribution is 9.10. The monoisotopic (exact) mass is 257 g/mol. The third-order valence-corrected chi connectivity index (χ3v) is 3.03. The second kappa shape index (κ2) is 3.08. The van der Waals surface area contributed by atoms with Crippen molar-refractivity contribution in [2.45, 2.75) is 0 Å². The van der Waals surface area contributed by atoms with Gasteiger partial charge in [0.05, 0.1) is 10.2 Å². The minimum atomic E-state index is -0.975. The zero-order valence-electron chi connectivity index (χ0n) is 6.32. The summed E-state index contributed by atoms with van der Waals surface area (Å²) in [4.78, 5) is 14.5. The summed E-state index contributed by atoms with van der Waals surface area (Å²) in [6.45, 7) is 0. The number of rotatable bonds is 1. The molecule has 0 saturated carbocycles. The van der Waals surface area contributed by atoms with Crippen LogP contribution in [0.3, 0.4) is 0 Å². The van der Waals surface area contributed by atoms with Gasteiger partial charge in [0.25, 0.3) is 0 Å². The maximum Gasteiger partial charge on any atom is 0.365 e. The molecule has 5 heteroatoms. The molecule has 0 radical (unpaired) electrons. The normalized spacial score (nSPS) is 10.5. The number of carbonyl (C=O) groups is 1. The summed E-state index contributed by atoms with van der Waals surface area (Å²) in [6, 6.07) is 5.50. The van der Waals surface area contributed by atoms with Crippen LogP contribution in [-0.2, 0) is 0 Å². The van der Waals surface area contributed by atoms with Crippen molar-refractivity contribution in [2.75, 3.05) is 0 Å². The molecule has 0 fully saturated rings. The Balaban J connectivity index is 2.68. The Morgan fingerprint density at radius 3 is 3.00 bits per heavy atom. The molecule has 1 aromatic carbocycles. The molecule has 0 atom stereocenters. The van der Waals surface area contributed by atoms with E-state index < -0.39 is 5.97 Å². The predicted octanol–water partition coefficient (Wildman–Crippen LogP) is 2.76. The lowest BCUT2D eigenvalue weighted by molar-refractivity contribution is 0.0696. The van der Waals surface area contributed by atoms with Gasteiger partial charge in [-0.15, -0.1) is 11.3 Å². The van der Waals surface area contributed by atoms with E-state index in [1.54, 1.807) is 6.07 Å². The van der Waals surface area contributed by atoms with Crippen LogP contribution < -0.4 is 0 Å². The van der Waals surface area contributed by atoms with Crippen LogP contribution in [0.2, 0.25) is 0 Å². The summed E-state index contributed by atoms with van der Waals surface area (Å²) in [5, 5.41) is 8.82. The number of nitrogens with zero attached hydrogens (tertiary/aromatic N) is 1. The standard InChI is InChI=1S/C8H4BrNO2S/c9-4-1-2-5-6(3-4)13-7(10-5)8(11)12/h1-3H,(H,11,12). The highest BCUT2D eigenvalue weighted by atomic mass is 79.9. The van der Waals surface area contributed by atoms with Crippen molar-refractivity contribution in [3.63, 3.8) is 0 Å². The van der Waals surface area contributed by atoms with Gasteiger partial charge in [-0.1, -0.05) is 15.9 Å². The van der Waals surface area contributed by atoms with Crippen LogP contribution in [0, 0.1) is 0 Å². The molecular formula is C8H4BrNO2S. The average molecular weight is 258 g/mol. The number of aromatic carboxylic acids is 1. The number of hydrogen-bond acceptors (Lipinski definition) is 3. The quantitative estimate of drug-likeness (QED) is 0.855. The van der Waals surface area contributed by atoms with Crippen molar-refractivity contribution in [3.8, 4) is 0 Å². The zero-order chi connectivity index (χ0) is 9.42. The third-order valence-electron chi connectivity index (χ3n) is 1.53. The van der Waals surface area contributed by atoms with Crippen molar-refractivity contribution >= 4 is 43.5 Å². The Labute approximate surface area is 86.2 Å². The van der Waals surface area contributed by atoms with Crippen LogP contribution in [0.15, 0.2) is 22.7 Å². The van der Waals surface area contributed by atoms with Crippen molar-refractivity contribution < 1.29 is 9.90 Å². The minimum absolute atomic E-state index is 0.133. The first-order valence-corrected chi connectivity index (χ1v) is 5.07. The number of hydrogen-bond donors (Lipinski definition) is 1. The lowest BCUT2D eigenvalue weighted by Gasteiger charge is -1.86. The Kier molecular flexibility index (Phi) is 2.05. The van der Waals surface area contributed by atoms with Gasteiger partial charge in [-0.05, 0) is 18.2 Å². The van der Waals surface area contributed by atoms with E-state index >= 15 is 0 Å². The minimum Gasteiger partial charge on any atom is -0.476 e. The lowest BCUT2D eigenvalue weighted by Crippen LogP contribution is -1.93. The average Bonchev–Trinajstić information content (AvgIpc) is 2.46. The molecule has 0 spiro atoms. The van der Waals surface area contributed by atoms with Crippen molar-refractivity contribution in [2.24, 2.45) is 0 Å². The largest absolute Gasteiger partial charge is 0.476 e. The van der Waals surface area contributed by atoms with Gasteiger partial charge in [0, 0.05) is 4.47 Å². The van der Waals surface area contributed by atoms with Gasteiger partial charge in [0.15, 0.2) is 0 Å². The second-order valence-corrected chi connectivity index (χ2v) is 4.38. The van der Waals surface area contributed by atoms with E-state index in [-0.39, 0.29) is 5.01 Å². The Bertz CT molecular complexity index is 480. The molecule has 0 unspecified atom stereocenters. The Morgan fingerprint density at radius 1 is 1.54 bits per heavy atom. The van der Waals surface area contributed by atoms with E-state index in [1.807, 2.05) is 12.1 Å². The number of benzene rings is 1. The fraction of sp³-hybridized carbons (Fsp3) is 0. The van der Waals surface area contributed by atoms with E-state index in [1.165, 1.54) is 11.3 Å². The molecule has 3 nitrogen and oxygen atoms in total. The molecule has 0 amide bonds. The summed E-state index contributed by atoms with van der Waals surface area (Å²) in [7, 11) is 0. The molecule has 13 heavy (non-hydrogen) atoms. The lowest BCUT2D eigenvalue weighted by atomic mass is 10.3. The summed E-state index contributed by atoms with van der Waals surface area (Å²) >= 11 is 4.49. The molecule has 1 N–H and O–H groups in total. The molecular weight excluding hydrogens is 254 g/mol. The van der Waals surface area contributed by atoms with Crippen molar-refractivity contribution in [1.29, 1.82) is 0 Å². The molecule has 66 valence electrons. The van der Waals surface area contributed by atoms with Gasteiger partial charge in [-0.2, -0.15) is 0 Å². The third kappa shape index (κ3) is 1.57. The van der Waals surface area contributed by atoms with E-state index in [4.69, 9.17) is 5.11 Å². The smallest absolute Gasteiger partial charge is 0.365 e. The van der Waals surface area contributed by atoms with Gasteiger partial charge in [-0.3, -0.25) is 0 Å². The first-order valence-electron chi connectivity index (χ1n) is 3.46. The van der Waals surface area contributed by atoms with Gasteiger partial charge < -0.3 is 5.11 Å². The summed E-state index contributed by atoms with van der Waals surface area (Å²) in [5.74, 6) is -0.975. The van der Waals surface area contributed by atoms with E-state index in [2.05, 4.69) is 20.9 Å². The summed E-state index contributed by atoms with van der Waals surface area (Å²) < 4.78 is 1.81. The van der Waals surface area contributed by atoms with Crippen molar-refractivity contribution in [3.05, 3.63) is 27.7 Å². The molecule has 0 saturated heterocycles. The van der Waals surface area contributed by atoms with Crippen LogP contribution in [-0.4, -0.2) is 16.1 Å². The van der Waals surface area contributed by atoms with Gasteiger partial charge in [0.2, 0.25) is 5.01 Å². The van der Waals surface area contributed by atoms with Crippen LogP contribution in [0.25, 0.3) is 10.2 Å². The molecule has 1 heterocycles. The molecule has 0 aliphatic heterocycles. The summed E-state index contributed by atoms with van der Waals surface area (Å²) in [6.07, 6.45) is 0. The first kappa shape index (κ1) is 8.65. The Hall–Kier alpha value is -0.940. The number of halogens is 1. The predicted molar refractivity (Wildman–Crippen MR) is 54.3 cm³/mol. The van der Waals surface area contributed by atoms with Crippen LogP contribution in [0.5, 0.6) is 0 Å². The fourth-order valence-electron chi connectivity index (χ4n) is 0.990. The van der Waals surface area contributed by atoms with Gasteiger partial charge in [-0.25, -0.2) is 9.78 Å². The van der Waals surface area contributed by atoms with Crippen LogP contribution in [0.1, 0.15) is 9.80 Å². The number of fused-ring (bicyclic) bond motifs is 1. The number of carboxylic acid groups (broad SMARTS) is 1. The second-order valence-electron chi connectivity index (χ2n) is 2.44. The maximum atomic E-state index is 10.6. The highest BCUT2D eigenvalue weighted by Crippen LogP contribution is 2.25. The zero-order valence-corrected chi connectivity index (χ0v) is 8.72. The molecule has 2 aromatic rings. The van der Waals surface area contributed by atoms with E-state index in [0.29, 0.717) is 0 Å². The molecule has 1 aromatic heterocycles. The number of aromatic nitrogens is 1. The van der Waals surface area contributed by atoms with Crippen molar-refractivity contribution in [1.82, 2.24) is 4.98 Å².